The van der Waals surface area contributed by atoms with Gasteiger partial charge in [-0.25, -0.2) is 20.3 Å². The maximum absolute atomic E-state index is 14.8. The van der Waals surface area contributed by atoms with Crippen molar-refractivity contribution in [3.63, 3.8) is 0 Å². The minimum Gasteiger partial charge on any atom is -0.480 e. The number of urea groups is 1. The standard InChI is InChI=1S/C64H104N10O18/c1-12-44(6)57(51(85-10)39-53(76)74-27-16-20-50(74)58(86-11)45(7)59(78)69-49(62(81)82)38-46-18-14-13-15-19-46)71(8)61(80)55(42(2)3)70-60(79)56(43(4)5)72(9)64(84)91-41-47-21-23-48(24-22-47)73(28-17-26-67-63(65)83)54(77)40-68-52(75)25-29-87-30-31-88-32-33-89-34-35-90-36-37-92-66/h13-15,18-19,21-24,42-45,49-51,55-58H,12,16-17,20,25-41,66H2,1-11H3,(H,68,75)(H,69,78)(H,70,79)(H,81,82)(H3,65,67,83)/t44-,45+,49-,50-,51+,55-,56-,57?,58+/m0/s1. The van der Waals surface area contributed by atoms with E-state index in [1.54, 1.807) is 95.1 Å². The number of carboxylic acids is 1. The van der Waals surface area contributed by atoms with Gasteiger partial charge in [-0.3, -0.25) is 33.7 Å². The van der Waals surface area contributed by atoms with Gasteiger partial charge in [-0.2, -0.15) is 0 Å². The predicted octanol–water partition coefficient (Wildman–Crippen LogP) is 3.01. The van der Waals surface area contributed by atoms with Gasteiger partial charge in [-0.15, -0.1) is 0 Å². The van der Waals surface area contributed by atoms with E-state index in [1.807, 2.05) is 19.9 Å². The number of amides is 9. The molecule has 0 spiro atoms. The number of hydrogen-bond acceptors (Lipinski definition) is 18. The van der Waals surface area contributed by atoms with Crippen molar-refractivity contribution in [2.45, 2.75) is 142 Å². The van der Waals surface area contributed by atoms with Gasteiger partial charge in [-0.05, 0) is 60.3 Å². The second-order valence-corrected chi connectivity index (χ2v) is 23.5. The van der Waals surface area contributed by atoms with Gasteiger partial charge in [0.05, 0.1) is 103 Å². The van der Waals surface area contributed by atoms with Crippen molar-refractivity contribution in [3.8, 4) is 0 Å². The number of carbonyl (C=O) groups excluding carboxylic acids is 8. The Morgan fingerprint density at radius 3 is 1.88 bits per heavy atom. The van der Waals surface area contributed by atoms with Gasteiger partial charge in [0.15, 0.2) is 0 Å². The van der Waals surface area contributed by atoms with Gasteiger partial charge in [0, 0.05) is 66.5 Å². The maximum Gasteiger partial charge on any atom is 0.410 e. The highest BCUT2D eigenvalue weighted by Gasteiger charge is 2.44. The SMILES string of the molecule is CC[C@H](C)C([C@@H](CC(=O)N1CCC[C@H]1[C@H](OC)[C@@H](C)C(=O)N[C@@H](Cc1ccccc1)C(=O)O)OC)N(C)C(=O)[C@@H](NC(=O)[C@H](C(C)C)N(C)C(=O)OCc1ccc(N(CCCNC(N)=O)C(=O)CNC(=O)CCOCCOCCOCCOCCON)cc1)C(C)C. The third kappa shape index (κ3) is 26.9. The topological polar surface area (TPSA) is 361 Å². The number of benzene rings is 2. The van der Waals surface area contributed by atoms with Crippen molar-refractivity contribution in [1.82, 2.24) is 36.0 Å². The highest BCUT2D eigenvalue weighted by Crippen LogP contribution is 2.30. The van der Waals surface area contributed by atoms with Crippen molar-refractivity contribution in [3.05, 3.63) is 65.7 Å². The molecule has 3 rings (SSSR count). The van der Waals surface area contributed by atoms with E-state index in [0.29, 0.717) is 89.7 Å². The molecule has 28 heteroatoms. The average molecular weight is 1300 g/mol. The summed E-state index contributed by atoms with van der Waals surface area (Å²) in [7, 11) is 6.00. The van der Waals surface area contributed by atoms with Crippen LogP contribution in [-0.2, 0) is 84.6 Å². The summed E-state index contributed by atoms with van der Waals surface area (Å²) in [6.07, 6.45) is -0.342. The van der Waals surface area contributed by atoms with Crippen molar-refractivity contribution < 1.29 is 86.3 Å². The number of carbonyl (C=O) groups is 9. The number of anilines is 1. The van der Waals surface area contributed by atoms with Crippen LogP contribution in [0.25, 0.3) is 0 Å². The second-order valence-electron chi connectivity index (χ2n) is 23.5. The number of nitrogens with one attached hydrogen (secondary N) is 4. The first kappa shape index (κ1) is 79.2. The lowest BCUT2D eigenvalue weighted by atomic mass is 9.89. The van der Waals surface area contributed by atoms with Crippen LogP contribution in [0.4, 0.5) is 15.3 Å². The van der Waals surface area contributed by atoms with Crippen LogP contribution in [0.15, 0.2) is 54.6 Å². The van der Waals surface area contributed by atoms with E-state index in [4.69, 9.17) is 44.8 Å². The number of rotatable bonds is 45. The van der Waals surface area contributed by atoms with Crippen molar-refractivity contribution in [2.24, 2.45) is 35.3 Å². The van der Waals surface area contributed by atoms with Gasteiger partial charge < -0.3 is 84.8 Å². The molecule has 0 aliphatic carbocycles. The van der Waals surface area contributed by atoms with Crippen LogP contribution in [0.5, 0.6) is 0 Å². The highest BCUT2D eigenvalue weighted by atomic mass is 16.6. The molecule has 0 radical (unpaired) electrons. The molecule has 2 aromatic carbocycles. The van der Waals surface area contributed by atoms with Crippen LogP contribution < -0.4 is 37.8 Å². The van der Waals surface area contributed by atoms with Gasteiger partial charge >= 0.3 is 18.1 Å². The summed E-state index contributed by atoms with van der Waals surface area (Å²) in [6.45, 7) is 15.7. The normalized spacial score (nSPS) is 15.7. The molecule has 9 amide bonds. The largest absolute Gasteiger partial charge is 0.480 e. The number of likely N-dealkylation sites (N-methyl/N-ethyl adjacent to an activating group) is 2. The van der Waals surface area contributed by atoms with Gasteiger partial charge in [0.2, 0.25) is 35.4 Å². The summed E-state index contributed by atoms with van der Waals surface area (Å²) in [4.78, 5) is 131. The molecule has 1 aliphatic rings. The molecule has 92 heavy (non-hydrogen) atoms. The molecule has 1 unspecified atom stereocenters. The zero-order chi connectivity index (χ0) is 68.3. The molecular formula is C64H104N10O18. The molecule has 1 fully saturated rings. The fourth-order valence-electron chi connectivity index (χ4n) is 10.9. The first-order valence-corrected chi connectivity index (χ1v) is 31.6. The summed E-state index contributed by atoms with van der Waals surface area (Å²) >= 11 is 0. The molecule has 518 valence electrons. The van der Waals surface area contributed by atoms with Crippen LogP contribution >= 0.6 is 0 Å². The number of nitrogens with two attached hydrogens (primary N) is 2. The fraction of sp³-hybridized carbons (Fsp3) is 0.672. The molecule has 0 saturated carbocycles. The molecule has 1 heterocycles. The number of aliphatic carboxylic acids is 1. The average Bonchev–Trinajstić information content (AvgIpc) is 1.36. The Hall–Kier alpha value is -7.05. The van der Waals surface area contributed by atoms with Crippen LogP contribution in [0.1, 0.15) is 98.1 Å². The van der Waals surface area contributed by atoms with E-state index in [-0.39, 0.29) is 70.5 Å². The Bertz CT molecular complexity index is 2570. The fourth-order valence-corrected chi connectivity index (χ4v) is 10.9. The Balaban J connectivity index is 1.64. The van der Waals surface area contributed by atoms with Crippen LogP contribution in [0, 0.1) is 23.7 Å². The van der Waals surface area contributed by atoms with Gasteiger partial charge in [0.1, 0.15) is 24.7 Å². The number of carboxylic acid groups (broad SMARTS) is 1. The number of primary amides is 1. The van der Waals surface area contributed by atoms with Crippen molar-refractivity contribution >= 4 is 59.2 Å². The quantitative estimate of drug-likeness (QED) is 0.0370. The Labute approximate surface area is 541 Å². The molecule has 1 saturated heterocycles. The summed E-state index contributed by atoms with van der Waals surface area (Å²) in [5.41, 5.74) is 7.00. The first-order chi connectivity index (χ1) is 43.9. The molecular weight excluding hydrogens is 1200 g/mol. The monoisotopic (exact) mass is 1300 g/mol. The Morgan fingerprint density at radius 1 is 0.728 bits per heavy atom. The molecule has 0 aromatic heterocycles. The zero-order valence-electron chi connectivity index (χ0n) is 55.7. The maximum atomic E-state index is 14.8. The minimum absolute atomic E-state index is 0.000396. The minimum atomic E-state index is -1.19. The molecule has 0 bridgehead atoms. The van der Waals surface area contributed by atoms with Gasteiger partial charge in [0.25, 0.3) is 0 Å². The molecule has 2 aromatic rings. The smallest absolute Gasteiger partial charge is 0.410 e. The molecule has 1 aliphatic heterocycles. The molecule has 9 atom stereocenters. The van der Waals surface area contributed by atoms with E-state index in [1.165, 1.54) is 36.0 Å². The van der Waals surface area contributed by atoms with Crippen molar-refractivity contribution in [2.75, 3.05) is 119 Å². The molecule has 9 N–H and O–H groups in total. The summed E-state index contributed by atoms with van der Waals surface area (Å²) in [5.74, 6) is -0.818. The van der Waals surface area contributed by atoms with E-state index >= 15 is 0 Å². The summed E-state index contributed by atoms with van der Waals surface area (Å²) in [6, 6.07) is 10.4. The van der Waals surface area contributed by atoms with Crippen LogP contribution in [-0.4, -0.2) is 230 Å². The van der Waals surface area contributed by atoms with Crippen LogP contribution in [0.2, 0.25) is 0 Å². The number of ether oxygens (including phenoxy) is 7. The molecule has 28 nitrogen and oxygen atoms in total. The van der Waals surface area contributed by atoms with E-state index in [9.17, 15) is 48.3 Å². The van der Waals surface area contributed by atoms with E-state index < -0.39 is 108 Å². The van der Waals surface area contributed by atoms with Gasteiger partial charge in [-0.1, -0.05) is 97.4 Å². The number of nitrogens with zero attached hydrogens (tertiary/aromatic N) is 4. The Morgan fingerprint density at radius 2 is 1.34 bits per heavy atom. The Kier molecular flexibility index (Phi) is 37.0. The lowest BCUT2D eigenvalue weighted by molar-refractivity contribution is -0.148. The van der Waals surface area contributed by atoms with Crippen molar-refractivity contribution in [1.29, 1.82) is 0 Å². The first-order valence-electron chi connectivity index (χ1n) is 31.6. The third-order valence-electron chi connectivity index (χ3n) is 16.1. The summed E-state index contributed by atoms with van der Waals surface area (Å²) < 4.78 is 39.3. The third-order valence-corrected chi connectivity index (χ3v) is 16.1. The lowest BCUT2D eigenvalue weighted by Gasteiger charge is -2.41. The number of likely N-dealkylation sites (tertiary alicyclic amines) is 1. The van der Waals surface area contributed by atoms with E-state index in [2.05, 4.69) is 26.1 Å². The predicted molar refractivity (Wildman–Crippen MR) is 341 cm³/mol. The lowest BCUT2D eigenvalue weighted by Crippen LogP contribution is -2.60. The summed E-state index contributed by atoms with van der Waals surface area (Å²) in [5, 5.41) is 20.7. The number of methoxy groups -OCH3 is 2. The number of hydrogen-bond donors (Lipinski definition) is 7. The highest BCUT2D eigenvalue weighted by molar-refractivity contribution is 5.97. The second kappa shape index (κ2) is 43.0. The van der Waals surface area contributed by atoms with E-state index in [0.717, 1.165) is 5.56 Å². The van der Waals surface area contributed by atoms with Crippen LogP contribution in [0.3, 0.4) is 0 Å². The zero-order valence-corrected chi connectivity index (χ0v) is 55.7.